The van der Waals surface area contributed by atoms with E-state index in [9.17, 15) is 4.79 Å². The van der Waals surface area contributed by atoms with Crippen LogP contribution in [0.25, 0.3) is 0 Å². The van der Waals surface area contributed by atoms with Crippen LogP contribution >= 0.6 is 0 Å². The van der Waals surface area contributed by atoms with Crippen LogP contribution < -0.4 is 10.2 Å². The molecule has 154 valence electrons. The smallest absolute Gasteiger partial charge is 0.226 e. The third-order valence-corrected chi connectivity index (χ3v) is 6.14. The van der Waals surface area contributed by atoms with Crippen LogP contribution in [0.3, 0.4) is 0 Å². The van der Waals surface area contributed by atoms with Crippen LogP contribution in [0.4, 0.5) is 11.6 Å². The maximum atomic E-state index is 13.3. The molecule has 5 rings (SSSR count). The van der Waals surface area contributed by atoms with Gasteiger partial charge in [-0.2, -0.15) is 10.1 Å². The largest absolute Gasteiger partial charge is 0.469 e. The summed E-state index contributed by atoms with van der Waals surface area (Å²) in [6, 6.07) is 12.0. The summed E-state index contributed by atoms with van der Waals surface area (Å²) in [5, 5.41) is 7.77. The van der Waals surface area contributed by atoms with Gasteiger partial charge in [0.25, 0.3) is 0 Å². The molecule has 30 heavy (non-hydrogen) atoms. The first kappa shape index (κ1) is 18.7. The molecule has 3 aromatic rings. The van der Waals surface area contributed by atoms with Gasteiger partial charge in [-0.25, -0.2) is 4.68 Å². The molecule has 0 saturated carbocycles. The van der Waals surface area contributed by atoms with Crippen molar-refractivity contribution in [1.82, 2.24) is 14.8 Å². The number of Topliss-reactive ketones (excluding diaryl/α,β-unsaturated/α-hetero) is 1. The van der Waals surface area contributed by atoms with E-state index >= 15 is 0 Å². The van der Waals surface area contributed by atoms with Crippen molar-refractivity contribution in [3.63, 3.8) is 0 Å². The highest BCUT2D eigenvalue weighted by molar-refractivity contribution is 6.00. The van der Waals surface area contributed by atoms with Gasteiger partial charge >= 0.3 is 0 Å². The van der Waals surface area contributed by atoms with Gasteiger partial charge in [0.15, 0.2) is 5.78 Å². The number of hydrogen-bond acceptors (Lipinski definition) is 6. The lowest BCUT2D eigenvalue weighted by Crippen LogP contribution is -2.33. The number of aromatic nitrogens is 3. The van der Waals surface area contributed by atoms with Crippen molar-refractivity contribution >= 4 is 17.4 Å². The molecule has 2 aliphatic rings. The van der Waals surface area contributed by atoms with E-state index in [-0.39, 0.29) is 17.7 Å². The second-order valence-electron chi connectivity index (χ2n) is 7.76. The molecule has 0 spiro atoms. The fourth-order valence-electron chi connectivity index (χ4n) is 4.64. The van der Waals surface area contributed by atoms with Gasteiger partial charge in [0.05, 0.1) is 6.26 Å². The van der Waals surface area contributed by atoms with Gasteiger partial charge < -0.3 is 14.6 Å². The van der Waals surface area contributed by atoms with E-state index < -0.39 is 0 Å². The molecule has 0 amide bonds. The summed E-state index contributed by atoms with van der Waals surface area (Å²) in [6.07, 6.45) is 4.35. The van der Waals surface area contributed by atoms with Crippen molar-refractivity contribution in [3.8, 4) is 0 Å². The molecule has 3 heterocycles. The van der Waals surface area contributed by atoms with Crippen molar-refractivity contribution in [3.05, 3.63) is 71.6 Å². The van der Waals surface area contributed by atoms with Gasteiger partial charge in [-0.3, -0.25) is 4.79 Å². The fraction of sp³-hybridized carbons (Fsp3) is 0.348. The Morgan fingerprint density at radius 3 is 2.67 bits per heavy atom. The summed E-state index contributed by atoms with van der Waals surface area (Å²) in [5.41, 5.74) is 3.92. The Morgan fingerprint density at radius 2 is 1.97 bits per heavy atom. The van der Waals surface area contributed by atoms with Crippen molar-refractivity contribution < 1.29 is 9.21 Å². The van der Waals surface area contributed by atoms with E-state index in [0.717, 1.165) is 42.1 Å². The van der Waals surface area contributed by atoms with Gasteiger partial charge in [0.1, 0.15) is 18.1 Å². The number of hydrogen-bond donors (Lipinski definition) is 1. The molecule has 7 nitrogen and oxygen atoms in total. The molecule has 1 aliphatic carbocycles. The predicted octanol–water partition coefficient (Wildman–Crippen LogP) is 4.13. The van der Waals surface area contributed by atoms with Crippen LogP contribution in [0.1, 0.15) is 50.0 Å². The maximum Gasteiger partial charge on any atom is 0.226 e. The zero-order valence-corrected chi connectivity index (χ0v) is 17.2. The molecular formula is C23H25N5O2. The number of ketones is 1. The van der Waals surface area contributed by atoms with E-state index in [4.69, 9.17) is 4.42 Å². The number of furan rings is 1. The van der Waals surface area contributed by atoms with Crippen LogP contribution in [0.5, 0.6) is 0 Å². The average Bonchev–Trinajstić information content (AvgIpc) is 3.46. The molecule has 0 saturated heterocycles. The number of benzene rings is 1. The molecule has 0 radical (unpaired) electrons. The molecule has 0 unspecified atom stereocenters. The number of fused-ring (bicyclic) bond motifs is 1. The number of allylic oxidation sites excluding steroid dienone is 2. The summed E-state index contributed by atoms with van der Waals surface area (Å²) in [7, 11) is 0. The van der Waals surface area contributed by atoms with E-state index in [1.165, 1.54) is 12.0 Å². The van der Waals surface area contributed by atoms with E-state index in [1.54, 1.807) is 6.26 Å². The van der Waals surface area contributed by atoms with Crippen molar-refractivity contribution in [2.75, 3.05) is 23.3 Å². The topological polar surface area (TPSA) is 76.2 Å². The first-order chi connectivity index (χ1) is 14.7. The number of carbonyl (C=O) groups is 1. The van der Waals surface area contributed by atoms with Gasteiger partial charge in [-0.15, -0.1) is 0 Å². The zero-order chi connectivity index (χ0) is 20.7. The van der Waals surface area contributed by atoms with Crippen molar-refractivity contribution in [1.29, 1.82) is 0 Å². The summed E-state index contributed by atoms with van der Waals surface area (Å²) >= 11 is 0. The van der Waals surface area contributed by atoms with Crippen LogP contribution in [-0.2, 0) is 4.79 Å². The summed E-state index contributed by atoms with van der Waals surface area (Å²) < 4.78 is 7.40. The lowest BCUT2D eigenvalue weighted by molar-refractivity contribution is -0.117. The van der Waals surface area contributed by atoms with Gasteiger partial charge in [-0.1, -0.05) is 12.1 Å². The van der Waals surface area contributed by atoms with Crippen LogP contribution in [0.2, 0.25) is 0 Å². The highest BCUT2D eigenvalue weighted by Crippen LogP contribution is 2.44. The SMILES string of the molecule is CCN(CC)c1ccc([C@H]2C3=C(C[C@H](c4ccco4)CC3=O)Nc3ncnn32)cc1. The van der Waals surface area contributed by atoms with E-state index in [0.29, 0.717) is 12.4 Å². The molecule has 1 N–H and O–H groups in total. The second kappa shape index (κ2) is 7.48. The molecular weight excluding hydrogens is 378 g/mol. The molecule has 0 bridgehead atoms. The highest BCUT2D eigenvalue weighted by Gasteiger charge is 2.39. The summed E-state index contributed by atoms with van der Waals surface area (Å²) in [4.78, 5) is 20.0. The number of carbonyl (C=O) groups excluding carboxylic acids is 1. The molecule has 2 aromatic heterocycles. The predicted molar refractivity (Wildman–Crippen MR) is 115 cm³/mol. The van der Waals surface area contributed by atoms with Crippen LogP contribution in [0, 0.1) is 0 Å². The highest BCUT2D eigenvalue weighted by atomic mass is 16.3. The summed E-state index contributed by atoms with van der Waals surface area (Å²) in [6.45, 7) is 6.22. The van der Waals surface area contributed by atoms with Crippen molar-refractivity contribution in [2.45, 2.75) is 38.6 Å². The summed E-state index contributed by atoms with van der Waals surface area (Å²) in [5.74, 6) is 1.69. The number of anilines is 2. The quantitative estimate of drug-likeness (QED) is 0.690. The number of nitrogens with zero attached hydrogens (tertiary/aromatic N) is 4. The van der Waals surface area contributed by atoms with Crippen molar-refractivity contribution in [2.24, 2.45) is 0 Å². The normalized spacial score (nSPS) is 20.5. The van der Waals surface area contributed by atoms with E-state index in [1.807, 2.05) is 16.8 Å². The van der Waals surface area contributed by atoms with Gasteiger partial charge in [-0.05, 0) is 50.1 Å². The number of nitrogens with one attached hydrogen (secondary N) is 1. The number of rotatable bonds is 5. The molecule has 7 heteroatoms. The standard InChI is InChI=1S/C23H25N5O2/c1-3-27(4-2)17-9-7-15(8-10-17)22-21-18(26-23-24-14-25-28(22)23)12-16(13-19(21)29)20-6-5-11-30-20/h5-11,14,16,22H,3-4,12-13H2,1-2H3,(H,24,25,26)/t16-,22-/m0/s1. The maximum absolute atomic E-state index is 13.3. The Hall–Kier alpha value is -3.35. The molecule has 1 aromatic carbocycles. The Bertz CT molecular complexity index is 1080. The Labute approximate surface area is 175 Å². The molecule has 0 fully saturated rings. The van der Waals surface area contributed by atoms with Gasteiger partial charge in [0, 0.05) is 42.4 Å². The first-order valence-corrected chi connectivity index (χ1v) is 10.5. The Balaban J connectivity index is 1.55. The second-order valence-corrected chi connectivity index (χ2v) is 7.76. The first-order valence-electron chi connectivity index (χ1n) is 10.5. The zero-order valence-electron chi connectivity index (χ0n) is 17.2. The van der Waals surface area contributed by atoms with E-state index in [2.05, 4.69) is 58.4 Å². The fourth-order valence-corrected chi connectivity index (χ4v) is 4.64. The third-order valence-electron chi connectivity index (χ3n) is 6.14. The minimum absolute atomic E-state index is 0.0407. The van der Waals surface area contributed by atoms with Crippen LogP contribution in [0.15, 0.2) is 64.7 Å². The monoisotopic (exact) mass is 403 g/mol. The lowest BCUT2D eigenvalue weighted by Gasteiger charge is -2.34. The third kappa shape index (κ3) is 3.01. The molecule has 2 atom stereocenters. The lowest BCUT2D eigenvalue weighted by atomic mass is 9.79. The minimum atomic E-state index is -0.269. The Kier molecular flexibility index (Phi) is 4.65. The Morgan fingerprint density at radius 1 is 1.17 bits per heavy atom. The van der Waals surface area contributed by atoms with Crippen LogP contribution in [-0.4, -0.2) is 33.6 Å². The average molecular weight is 403 g/mol. The van der Waals surface area contributed by atoms with Gasteiger partial charge in [0.2, 0.25) is 5.95 Å². The minimum Gasteiger partial charge on any atom is -0.469 e. The molecule has 1 aliphatic heterocycles.